The predicted octanol–water partition coefficient (Wildman–Crippen LogP) is 4.41. The molecule has 2 heterocycles. The van der Waals surface area contributed by atoms with Crippen LogP contribution in [-0.2, 0) is 0 Å². The first kappa shape index (κ1) is 15.1. The Bertz CT molecular complexity index is 865. The number of para-hydroxylation sites is 1. The molecule has 2 aromatic carbocycles. The van der Waals surface area contributed by atoms with Crippen molar-refractivity contribution in [2.75, 3.05) is 6.16 Å². The molecule has 0 radical (unpaired) electrons. The highest BCUT2D eigenvalue weighted by atomic mass is 31.1. The number of rotatable bonds is 3. The molecule has 0 aliphatic carbocycles. The smallest absolute Gasteiger partial charge is 0.167 e. The van der Waals surface area contributed by atoms with Crippen molar-refractivity contribution in [2.24, 2.45) is 0 Å². The number of benzene rings is 2. The summed E-state index contributed by atoms with van der Waals surface area (Å²) in [6, 6.07) is 25.7. The number of hydrogen-bond acceptors (Lipinski definition) is 0. The van der Waals surface area contributed by atoms with Gasteiger partial charge in [0.25, 0.3) is 0 Å². The summed E-state index contributed by atoms with van der Waals surface area (Å²) in [6.07, 6.45) is 10.1. The van der Waals surface area contributed by atoms with E-state index in [1.807, 2.05) is 6.07 Å². The maximum absolute atomic E-state index is 2.42. The maximum atomic E-state index is 2.42. The fraction of sp³-hybridized carbons (Fsp3) is 0.0455. The second kappa shape index (κ2) is 6.95. The van der Waals surface area contributed by atoms with Crippen LogP contribution in [0.5, 0.6) is 0 Å². The molecule has 24 heavy (non-hydrogen) atoms. The molecule has 0 saturated heterocycles. The summed E-state index contributed by atoms with van der Waals surface area (Å²) < 4.78 is 2.15. The van der Waals surface area contributed by atoms with Gasteiger partial charge >= 0.3 is 0 Å². The van der Waals surface area contributed by atoms with Crippen molar-refractivity contribution in [3.05, 3.63) is 109 Å². The first-order valence-corrected chi connectivity index (χ1v) is 10.1. The minimum Gasteiger partial charge on any atom is -0.167 e. The van der Waals surface area contributed by atoms with Crippen LogP contribution >= 0.6 is 7.92 Å². The van der Waals surface area contributed by atoms with Crippen LogP contribution < -0.4 is 9.87 Å². The van der Waals surface area contributed by atoms with Gasteiger partial charge in [-0.3, -0.25) is 0 Å². The fourth-order valence-electron chi connectivity index (χ4n) is 3.02. The number of allylic oxidation sites excluding steroid dienone is 3. The molecule has 1 aliphatic rings. The Balaban J connectivity index is 1.51. The topological polar surface area (TPSA) is 3.88 Å². The first-order chi connectivity index (χ1) is 11.9. The summed E-state index contributed by atoms with van der Waals surface area (Å²) in [4.78, 5) is 0. The van der Waals surface area contributed by atoms with Gasteiger partial charge in [-0.15, -0.1) is 0 Å². The van der Waals surface area contributed by atoms with Crippen LogP contribution in [0.3, 0.4) is 0 Å². The molecule has 2 heteroatoms. The van der Waals surface area contributed by atoms with Crippen LogP contribution in [-0.4, -0.2) is 6.16 Å². The molecule has 1 nitrogen and oxygen atoms in total. The lowest BCUT2D eigenvalue weighted by Gasteiger charge is -2.10. The number of aromatic nitrogens is 1. The Morgan fingerprint density at radius 3 is 2.04 bits per heavy atom. The standard InChI is InChI=1S/C22H19NP/c1-3-7-21(8-4-1)23-15-11-19(12-16-23)20-13-17-24(18-14-20)22-9-5-2-6-10-22/h1-17H,18H2/q+1/p+1. The van der Waals surface area contributed by atoms with Gasteiger partial charge in [-0.1, -0.05) is 36.4 Å². The van der Waals surface area contributed by atoms with Crippen molar-refractivity contribution in [2.45, 2.75) is 0 Å². The van der Waals surface area contributed by atoms with Gasteiger partial charge in [-0.05, 0) is 35.4 Å². The van der Waals surface area contributed by atoms with Crippen LogP contribution in [0.25, 0.3) is 11.3 Å². The van der Waals surface area contributed by atoms with E-state index in [9.17, 15) is 0 Å². The molecule has 1 aromatic heterocycles. The highest BCUT2D eigenvalue weighted by Crippen LogP contribution is 2.41. The van der Waals surface area contributed by atoms with Crippen LogP contribution in [0, 0.1) is 0 Å². The van der Waals surface area contributed by atoms with E-state index >= 15 is 0 Å². The number of pyridine rings is 1. The van der Waals surface area contributed by atoms with Crippen LogP contribution in [0.4, 0.5) is 0 Å². The van der Waals surface area contributed by atoms with Gasteiger partial charge in [0.2, 0.25) is 5.69 Å². The van der Waals surface area contributed by atoms with Gasteiger partial charge in [-0.25, -0.2) is 0 Å². The van der Waals surface area contributed by atoms with E-state index in [-0.39, 0.29) is 0 Å². The monoisotopic (exact) mass is 329 g/mol. The molecule has 1 aliphatic heterocycles. The van der Waals surface area contributed by atoms with Crippen molar-refractivity contribution in [1.29, 1.82) is 0 Å². The Morgan fingerprint density at radius 2 is 1.42 bits per heavy atom. The van der Waals surface area contributed by atoms with Crippen LogP contribution in [0.15, 0.2) is 103 Å². The third kappa shape index (κ3) is 3.22. The zero-order chi connectivity index (χ0) is 16.2. The van der Waals surface area contributed by atoms with Gasteiger partial charge in [-0.2, -0.15) is 4.57 Å². The molecule has 1 unspecified atom stereocenters. The zero-order valence-electron chi connectivity index (χ0n) is 13.5. The summed E-state index contributed by atoms with van der Waals surface area (Å²) >= 11 is 0. The normalized spacial score (nSPS) is 16.7. The summed E-state index contributed by atoms with van der Waals surface area (Å²) in [5, 5.41) is 1.49. The molecular formula is C22H20NP+2. The molecule has 116 valence electrons. The Morgan fingerprint density at radius 1 is 0.750 bits per heavy atom. The molecule has 0 amide bonds. The lowest BCUT2D eigenvalue weighted by Crippen LogP contribution is -2.29. The van der Waals surface area contributed by atoms with Gasteiger partial charge in [0.1, 0.15) is 0 Å². The molecule has 1 atom stereocenters. The molecule has 3 aromatic rings. The van der Waals surface area contributed by atoms with Gasteiger partial charge in [0, 0.05) is 24.3 Å². The molecule has 0 fully saturated rings. The van der Waals surface area contributed by atoms with E-state index in [1.165, 1.54) is 22.1 Å². The largest absolute Gasteiger partial charge is 0.210 e. The third-order valence-corrected chi connectivity index (χ3v) is 6.66. The second-order valence-electron chi connectivity index (χ2n) is 5.92. The Hall–Kier alpha value is -2.50. The van der Waals surface area contributed by atoms with E-state index in [0.29, 0.717) is 0 Å². The van der Waals surface area contributed by atoms with Crippen molar-refractivity contribution >= 4 is 18.8 Å². The van der Waals surface area contributed by atoms with E-state index in [1.54, 1.807) is 0 Å². The molecule has 0 spiro atoms. The predicted molar refractivity (Wildman–Crippen MR) is 104 cm³/mol. The lowest BCUT2D eigenvalue weighted by atomic mass is 10.1. The molecule has 0 saturated carbocycles. The highest BCUT2D eigenvalue weighted by Gasteiger charge is 2.18. The van der Waals surface area contributed by atoms with E-state index in [2.05, 4.69) is 102 Å². The summed E-state index contributed by atoms with van der Waals surface area (Å²) in [6.45, 7) is 0. The number of nitrogens with zero attached hydrogens (tertiary/aromatic N) is 1. The third-order valence-electron chi connectivity index (χ3n) is 4.37. The van der Waals surface area contributed by atoms with Crippen molar-refractivity contribution < 1.29 is 4.57 Å². The van der Waals surface area contributed by atoms with Crippen molar-refractivity contribution in [1.82, 2.24) is 0 Å². The van der Waals surface area contributed by atoms with Crippen molar-refractivity contribution in [3.63, 3.8) is 0 Å². The van der Waals surface area contributed by atoms with E-state index in [4.69, 9.17) is 0 Å². The van der Waals surface area contributed by atoms with E-state index < -0.39 is 7.92 Å². The Labute approximate surface area is 144 Å². The second-order valence-corrected chi connectivity index (χ2v) is 8.29. The summed E-state index contributed by atoms with van der Waals surface area (Å²) in [5.74, 6) is 2.42. The van der Waals surface area contributed by atoms with Crippen LogP contribution in [0.2, 0.25) is 0 Å². The van der Waals surface area contributed by atoms with Gasteiger partial charge < -0.3 is 0 Å². The Kier molecular flexibility index (Phi) is 4.36. The lowest BCUT2D eigenvalue weighted by molar-refractivity contribution is -0.595. The van der Waals surface area contributed by atoms with Crippen LogP contribution in [0.1, 0.15) is 5.56 Å². The van der Waals surface area contributed by atoms with Crippen molar-refractivity contribution in [3.8, 4) is 5.69 Å². The minimum absolute atomic E-state index is 0.578. The maximum Gasteiger partial charge on any atom is 0.210 e. The van der Waals surface area contributed by atoms with Gasteiger partial charge in [0.05, 0.1) is 25.2 Å². The fourth-order valence-corrected chi connectivity index (χ4v) is 5.02. The quantitative estimate of drug-likeness (QED) is 0.495. The zero-order valence-corrected chi connectivity index (χ0v) is 14.5. The minimum atomic E-state index is -0.578. The average Bonchev–Trinajstić information content (AvgIpc) is 2.70. The van der Waals surface area contributed by atoms with E-state index in [0.717, 1.165) is 6.16 Å². The highest BCUT2D eigenvalue weighted by molar-refractivity contribution is 7.68. The first-order valence-electron chi connectivity index (χ1n) is 8.27. The number of hydrogen-bond donors (Lipinski definition) is 0. The molecular weight excluding hydrogens is 309 g/mol. The average molecular weight is 329 g/mol. The van der Waals surface area contributed by atoms with Gasteiger partial charge in [0.15, 0.2) is 12.4 Å². The molecule has 0 bridgehead atoms. The molecule has 4 rings (SSSR count). The molecule has 0 N–H and O–H groups in total. The SMILES string of the molecule is C1=C[PH+](c2ccccc2)CC=C1c1cc[n+](-c2ccccc2)cc1. The summed E-state index contributed by atoms with van der Waals surface area (Å²) in [5.41, 5.74) is 3.80. The summed E-state index contributed by atoms with van der Waals surface area (Å²) in [7, 11) is -0.578.